The molecule has 0 saturated heterocycles. The summed E-state index contributed by atoms with van der Waals surface area (Å²) in [7, 11) is 0. The van der Waals surface area contributed by atoms with Gasteiger partial charge in [0.2, 0.25) is 11.8 Å². The Kier molecular flexibility index (Phi) is 3.99. The quantitative estimate of drug-likeness (QED) is 0.789. The molecule has 1 aliphatic carbocycles. The molecule has 2 heterocycles. The smallest absolute Gasteiger partial charge is 0.249 e. The van der Waals surface area contributed by atoms with Crippen LogP contribution in [0.1, 0.15) is 35.6 Å². The fourth-order valence-electron chi connectivity index (χ4n) is 3.30. The van der Waals surface area contributed by atoms with Gasteiger partial charge in [-0.05, 0) is 55.0 Å². The highest BCUT2D eigenvalue weighted by atomic mass is 16.4. The van der Waals surface area contributed by atoms with E-state index in [4.69, 9.17) is 4.42 Å². The number of anilines is 1. The molecule has 1 aliphatic rings. The highest BCUT2D eigenvalue weighted by Crippen LogP contribution is 2.28. The van der Waals surface area contributed by atoms with Crippen LogP contribution in [0.5, 0.6) is 0 Å². The van der Waals surface area contributed by atoms with Crippen molar-refractivity contribution in [1.29, 1.82) is 0 Å². The van der Waals surface area contributed by atoms with Gasteiger partial charge in [-0.15, -0.1) is 10.2 Å². The fraction of sp³-hybridized carbons (Fsp3) is 0.316. The Hall–Kier alpha value is -2.69. The van der Waals surface area contributed by atoms with E-state index >= 15 is 0 Å². The maximum absolute atomic E-state index is 5.57. The highest BCUT2D eigenvalue weighted by molar-refractivity contribution is 5.72. The van der Waals surface area contributed by atoms with E-state index in [1.807, 2.05) is 30.5 Å². The summed E-state index contributed by atoms with van der Waals surface area (Å²) >= 11 is 0. The average Bonchev–Trinajstić information content (AvgIpc) is 3.06. The Morgan fingerprint density at radius 2 is 1.96 bits per heavy atom. The van der Waals surface area contributed by atoms with Crippen LogP contribution in [-0.4, -0.2) is 15.2 Å². The third-order valence-corrected chi connectivity index (χ3v) is 4.49. The van der Waals surface area contributed by atoms with Gasteiger partial charge >= 0.3 is 0 Å². The number of hydrogen-bond acceptors (Lipinski definition) is 5. The lowest BCUT2D eigenvalue weighted by molar-refractivity contribution is 0.533. The molecule has 0 saturated carbocycles. The molecule has 0 amide bonds. The van der Waals surface area contributed by atoms with E-state index in [-0.39, 0.29) is 0 Å². The van der Waals surface area contributed by atoms with Crippen molar-refractivity contribution in [3.05, 3.63) is 59.2 Å². The number of rotatable bonds is 4. The van der Waals surface area contributed by atoms with Gasteiger partial charge in [-0.3, -0.25) is 4.98 Å². The van der Waals surface area contributed by atoms with Crippen molar-refractivity contribution in [1.82, 2.24) is 15.2 Å². The maximum Gasteiger partial charge on any atom is 0.249 e. The summed E-state index contributed by atoms with van der Waals surface area (Å²) in [6.07, 6.45) is 6.76. The van der Waals surface area contributed by atoms with Crippen LogP contribution in [0, 0.1) is 6.92 Å². The predicted molar refractivity (Wildman–Crippen MR) is 92.7 cm³/mol. The third-order valence-electron chi connectivity index (χ3n) is 4.49. The van der Waals surface area contributed by atoms with Crippen LogP contribution < -0.4 is 5.32 Å². The van der Waals surface area contributed by atoms with Crippen LogP contribution in [0.2, 0.25) is 0 Å². The van der Waals surface area contributed by atoms with E-state index in [2.05, 4.69) is 26.6 Å². The molecule has 0 radical (unpaired) electrons. The lowest BCUT2D eigenvalue weighted by atomic mass is 9.91. The summed E-state index contributed by atoms with van der Waals surface area (Å²) in [6.45, 7) is 2.50. The minimum absolute atomic E-state index is 0.540. The van der Waals surface area contributed by atoms with E-state index < -0.39 is 0 Å². The molecule has 24 heavy (non-hydrogen) atoms. The molecule has 1 aromatic carbocycles. The average molecular weight is 320 g/mol. The molecule has 1 N–H and O–H groups in total. The molecule has 2 aromatic heterocycles. The second-order valence-electron chi connectivity index (χ2n) is 6.13. The summed E-state index contributed by atoms with van der Waals surface area (Å²) in [4.78, 5) is 4.60. The zero-order chi connectivity index (χ0) is 16.4. The van der Waals surface area contributed by atoms with Gasteiger partial charge in [0.15, 0.2) is 0 Å². The van der Waals surface area contributed by atoms with Crippen molar-refractivity contribution < 1.29 is 4.42 Å². The van der Waals surface area contributed by atoms with Crippen molar-refractivity contribution in [3.63, 3.8) is 0 Å². The summed E-state index contributed by atoms with van der Waals surface area (Å²) in [5.41, 5.74) is 5.92. The Balaban J connectivity index is 1.59. The first kappa shape index (κ1) is 14.9. The number of aryl methyl sites for hydroxylation is 2. The molecule has 0 aliphatic heterocycles. The van der Waals surface area contributed by atoms with Crippen LogP contribution in [0.4, 0.5) is 5.69 Å². The molecular weight excluding hydrogens is 300 g/mol. The number of hydrogen-bond donors (Lipinski definition) is 1. The molecule has 5 nitrogen and oxygen atoms in total. The number of nitrogens with zero attached hydrogens (tertiary/aromatic N) is 3. The fourth-order valence-corrected chi connectivity index (χ4v) is 3.30. The number of nitrogens with one attached hydrogen (secondary N) is 1. The van der Waals surface area contributed by atoms with E-state index in [1.165, 1.54) is 30.4 Å². The molecule has 0 atom stereocenters. The van der Waals surface area contributed by atoms with E-state index in [9.17, 15) is 0 Å². The van der Waals surface area contributed by atoms with Crippen LogP contribution >= 0.6 is 0 Å². The summed E-state index contributed by atoms with van der Waals surface area (Å²) < 4.78 is 5.57. The Bertz CT molecular complexity index is 856. The first-order valence-electron chi connectivity index (χ1n) is 8.40. The number of aromatic nitrogens is 3. The van der Waals surface area contributed by atoms with Gasteiger partial charge in [0.1, 0.15) is 0 Å². The van der Waals surface area contributed by atoms with Gasteiger partial charge in [0.25, 0.3) is 0 Å². The standard InChI is InChI=1S/C19H20N4O/c1-13-22-23-19(24-13)16-8-4-5-9-17(16)21-12-18-15-7-3-2-6-14(15)10-11-20-18/h4-5,8-11,21H,2-3,6-7,12H2,1H3. The van der Waals surface area contributed by atoms with Gasteiger partial charge < -0.3 is 9.73 Å². The first-order chi connectivity index (χ1) is 11.8. The molecule has 0 fully saturated rings. The van der Waals surface area contributed by atoms with E-state index in [1.54, 1.807) is 6.92 Å². The van der Waals surface area contributed by atoms with Gasteiger partial charge in [-0.2, -0.15) is 0 Å². The molecule has 0 bridgehead atoms. The van der Waals surface area contributed by atoms with Gasteiger partial charge in [0.05, 0.1) is 17.8 Å². The Labute approximate surface area is 141 Å². The minimum Gasteiger partial charge on any atom is -0.421 e. The second kappa shape index (κ2) is 6.43. The van der Waals surface area contributed by atoms with Crippen molar-refractivity contribution in [3.8, 4) is 11.5 Å². The number of para-hydroxylation sites is 1. The summed E-state index contributed by atoms with van der Waals surface area (Å²) in [6, 6.07) is 10.2. The predicted octanol–water partition coefficient (Wildman–Crippen LogP) is 3.93. The van der Waals surface area contributed by atoms with Gasteiger partial charge in [-0.1, -0.05) is 12.1 Å². The summed E-state index contributed by atoms with van der Waals surface area (Å²) in [5.74, 6) is 1.11. The van der Waals surface area contributed by atoms with E-state index in [0.717, 1.165) is 23.4 Å². The lowest BCUT2D eigenvalue weighted by Gasteiger charge is -2.19. The lowest BCUT2D eigenvalue weighted by Crippen LogP contribution is -2.11. The van der Waals surface area contributed by atoms with Crippen LogP contribution in [-0.2, 0) is 19.4 Å². The minimum atomic E-state index is 0.540. The number of pyridine rings is 1. The highest BCUT2D eigenvalue weighted by Gasteiger charge is 2.15. The Morgan fingerprint density at radius 3 is 2.83 bits per heavy atom. The molecule has 122 valence electrons. The zero-order valence-corrected chi connectivity index (χ0v) is 13.7. The molecule has 4 rings (SSSR count). The summed E-state index contributed by atoms with van der Waals surface area (Å²) in [5, 5.41) is 11.6. The molecule has 3 aromatic rings. The normalized spacial score (nSPS) is 13.5. The van der Waals surface area contributed by atoms with Crippen molar-refractivity contribution in [2.24, 2.45) is 0 Å². The second-order valence-corrected chi connectivity index (χ2v) is 6.13. The van der Waals surface area contributed by atoms with Gasteiger partial charge in [-0.25, -0.2) is 0 Å². The van der Waals surface area contributed by atoms with Crippen molar-refractivity contribution in [2.45, 2.75) is 39.2 Å². The maximum atomic E-state index is 5.57. The molecule has 0 unspecified atom stereocenters. The monoisotopic (exact) mass is 320 g/mol. The zero-order valence-electron chi connectivity index (χ0n) is 13.7. The molecule has 0 spiro atoms. The third kappa shape index (κ3) is 2.89. The Morgan fingerprint density at radius 1 is 1.08 bits per heavy atom. The number of benzene rings is 1. The molecule has 5 heteroatoms. The first-order valence-corrected chi connectivity index (χ1v) is 8.40. The van der Waals surface area contributed by atoms with Crippen LogP contribution in [0.25, 0.3) is 11.5 Å². The molecular formula is C19H20N4O. The van der Waals surface area contributed by atoms with Crippen molar-refractivity contribution in [2.75, 3.05) is 5.32 Å². The van der Waals surface area contributed by atoms with Crippen LogP contribution in [0.3, 0.4) is 0 Å². The van der Waals surface area contributed by atoms with Crippen molar-refractivity contribution >= 4 is 5.69 Å². The topological polar surface area (TPSA) is 63.8 Å². The number of fused-ring (bicyclic) bond motifs is 1. The SMILES string of the molecule is Cc1nnc(-c2ccccc2NCc2nccc3c2CCCC3)o1. The largest absolute Gasteiger partial charge is 0.421 e. The van der Waals surface area contributed by atoms with Crippen LogP contribution in [0.15, 0.2) is 40.9 Å². The van der Waals surface area contributed by atoms with E-state index in [0.29, 0.717) is 18.3 Å². The van der Waals surface area contributed by atoms with Gasteiger partial charge in [0, 0.05) is 18.8 Å².